The zero-order valence-corrected chi connectivity index (χ0v) is 9.85. The maximum atomic E-state index is 11.6. The summed E-state index contributed by atoms with van der Waals surface area (Å²) in [6, 6.07) is 14.2. The van der Waals surface area contributed by atoms with Gasteiger partial charge in [0.05, 0.1) is 5.92 Å². The highest BCUT2D eigenvalue weighted by atomic mass is 16.2. The Morgan fingerprint density at radius 1 is 1.06 bits per heavy atom. The Hall–Kier alpha value is -2.16. The van der Waals surface area contributed by atoms with Crippen molar-refractivity contribution < 1.29 is 9.59 Å². The van der Waals surface area contributed by atoms with E-state index in [1.165, 1.54) is 5.39 Å². The van der Waals surface area contributed by atoms with Gasteiger partial charge in [-0.3, -0.25) is 14.9 Å². The average Bonchev–Trinajstić information content (AvgIpc) is 2.68. The number of carbonyl (C=O) groups excluding carboxylic acids is 2. The normalized spacial score (nSPS) is 19.2. The molecule has 1 atom stereocenters. The summed E-state index contributed by atoms with van der Waals surface area (Å²) in [6.45, 7) is 0. The number of hydrogen-bond acceptors (Lipinski definition) is 2. The molecule has 3 heteroatoms. The third-order valence-corrected chi connectivity index (χ3v) is 3.41. The van der Waals surface area contributed by atoms with Gasteiger partial charge < -0.3 is 0 Å². The lowest BCUT2D eigenvalue weighted by atomic mass is 9.94. The van der Waals surface area contributed by atoms with Crippen molar-refractivity contribution in [2.24, 2.45) is 5.92 Å². The Morgan fingerprint density at radius 3 is 2.61 bits per heavy atom. The van der Waals surface area contributed by atoms with Crippen LogP contribution in [-0.2, 0) is 16.0 Å². The van der Waals surface area contributed by atoms with Crippen molar-refractivity contribution in [1.82, 2.24) is 5.32 Å². The van der Waals surface area contributed by atoms with E-state index in [2.05, 4.69) is 23.5 Å². The monoisotopic (exact) mass is 239 g/mol. The number of carbonyl (C=O) groups is 2. The maximum Gasteiger partial charge on any atom is 0.230 e. The Balaban J connectivity index is 1.95. The van der Waals surface area contributed by atoms with Crippen LogP contribution in [0.2, 0.25) is 0 Å². The molecule has 2 aromatic carbocycles. The van der Waals surface area contributed by atoms with Gasteiger partial charge in [0.25, 0.3) is 0 Å². The van der Waals surface area contributed by atoms with E-state index in [-0.39, 0.29) is 17.7 Å². The molecule has 1 aliphatic rings. The van der Waals surface area contributed by atoms with Crippen LogP contribution in [-0.4, -0.2) is 11.8 Å². The second-order valence-electron chi connectivity index (χ2n) is 4.66. The molecule has 2 aromatic rings. The van der Waals surface area contributed by atoms with Gasteiger partial charge in [-0.2, -0.15) is 0 Å². The lowest BCUT2D eigenvalue weighted by molar-refractivity contribution is -0.125. The highest BCUT2D eigenvalue weighted by Crippen LogP contribution is 2.24. The van der Waals surface area contributed by atoms with Crippen LogP contribution in [0.25, 0.3) is 10.8 Å². The van der Waals surface area contributed by atoms with Crippen molar-refractivity contribution in [3.05, 3.63) is 48.0 Å². The van der Waals surface area contributed by atoms with Crippen LogP contribution < -0.4 is 5.32 Å². The smallest absolute Gasteiger partial charge is 0.230 e. The largest absolute Gasteiger partial charge is 0.296 e. The molecule has 1 unspecified atom stereocenters. The van der Waals surface area contributed by atoms with Crippen LogP contribution >= 0.6 is 0 Å². The molecule has 1 aliphatic heterocycles. The molecule has 0 saturated carbocycles. The van der Waals surface area contributed by atoms with E-state index in [0.717, 1.165) is 10.9 Å². The Morgan fingerprint density at radius 2 is 1.83 bits per heavy atom. The fourth-order valence-electron chi connectivity index (χ4n) is 2.51. The number of hydrogen-bond donors (Lipinski definition) is 1. The summed E-state index contributed by atoms with van der Waals surface area (Å²) < 4.78 is 0. The standard InChI is InChI=1S/C15H13NO2/c17-14-9-12(15(18)16-14)8-11-6-3-5-10-4-1-2-7-13(10)11/h1-7,12H,8-9H2,(H,16,17,18). The van der Waals surface area contributed by atoms with Crippen LogP contribution in [0.5, 0.6) is 0 Å². The number of benzene rings is 2. The van der Waals surface area contributed by atoms with Gasteiger partial charge >= 0.3 is 0 Å². The van der Waals surface area contributed by atoms with E-state index in [4.69, 9.17) is 0 Å². The molecule has 1 heterocycles. The predicted octanol–water partition coefficient (Wildman–Crippen LogP) is 2.04. The highest BCUT2D eigenvalue weighted by Gasteiger charge is 2.30. The van der Waals surface area contributed by atoms with Gasteiger partial charge in [0.15, 0.2) is 0 Å². The number of fused-ring (bicyclic) bond motifs is 1. The van der Waals surface area contributed by atoms with Crippen LogP contribution in [0, 0.1) is 5.92 Å². The lowest BCUT2D eigenvalue weighted by Gasteiger charge is -2.09. The van der Waals surface area contributed by atoms with E-state index in [0.29, 0.717) is 12.8 Å². The van der Waals surface area contributed by atoms with E-state index in [1.54, 1.807) is 0 Å². The van der Waals surface area contributed by atoms with Crippen molar-refractivity contribution in [2.45, 2.75) is 12.8 Å². The molecular weight excluding hydrogens is 226 g/mol. The quantitative estimate of drug-likeness (QED) is 0.815. The maximum absolute atomic E-state index is 11.6. The van der Waals surface area contributed by atoms with Crippen molar-refractivity contribution in [2.75, 3.05) is 0 Å². The van der Waals surface area contributed by atoms with Gasteiger partial charge in [0.2, 0.25) is 11.8 Å². The van der Waals surface area contributed by atoms with Crippen molar-refractivity contribution in [3.63, 3.8) is 0 Å². The summed E-state index contributed by atoms with van der Waals surface area (Å²) in [6.07, 6.45) is 0.932. The van der Waals surface area contributed by atoms with E-state index in [1.807, 2.05) is 24.3 Å². The topological polar surface area (TPSA) is 46.2 Å². The average molecular weight is 239 g/mol. The Labute approximate surface area is 105 Å². The van der Waals surface area contributed by atoms with E-state index in [9.17, 15) is 9.59 Å². The first kappa shape index (κ1) is 11.0. The molecule has 1 fully saturated rings. The van der Waals surface area contributed by atoms with E-state index < -0.39 is 0 Å². The highest BCUT2D eigenvalue weighted by molar-refractivity contribution is 6.03. The fraction of sp³-hybridized carbons (Fsp3) is 0.200. The van der Waals surface area contributed by atoms with Crippen LogP contribution in [0.1, 0.15) is 12.0 Å². The number of nitrogens with one attached hydrogen (secondary N) is 1. The number of amides is 2. The number of rotatable bonds is 2. The fourth-order valence-corrected chi connectivity index (χ4v) is 2.51. The first-order valence-corrected chi connectivity index (χ1v) is 6.04. The molecule has 90 valence electrons. The lowest BCUT2D eigenvalue weighted by Crippen LogP contribution is -2.22. The molecule has 0 bridgehead atoms. The van der Waals surface area contributed by atoms with Crippen LogP contribution in [0.3, 0.4) is 0 Å². The Kier molecular flexibility index (Phi) is 2.59. The third-order valence-electron chi connectivity index (χ3n) is 3.41. The molecule has 0 aliphatic carbocycles. The molecule has 0 radical (unpaired) electrons. The molecule has 1 N–H and O–H groups in total. The second-order valence-corrected chi connectivity index (χ2v) is 4.66. The first-order chi connectivity index (χ1) is 8.74. The summed E-state index contributed by atoms with van der Waals surface area (Å²) in [5.41, 5.74) is 1.13. The molecule has 2 amide bonds. The summed E-state index contributed by atoms with van der Waals surface area (Å²) in [5.74, 6) is -0.526. The van der Waals surface area contributed by atoms with Crippen LogP contribution in [0.15, 0.2) is 42.5 Å². The minimum Gasteiger partial charge on any atom is -0.296 e. The Bertz CT molecular complexity index is 628. The van der Waals surface area contributed by atoms with Gasteiger partial charge in [-0.15, -0.1) is 0 Å². The SMILES string of the molecule is O=C1CC(Cc2cccc3ccccc23)C(=O)N1. The van der Waals surface area contributed by atoms with Gasteiger partial charge in [0, 0.05) is 6.42 Å². The van der Waals surface area contributed by atoms with Gasteiger partial charge in [-0.05, 0) is 22.8 Å². The molecular formula is C15H13NO2. The van der Waals surface area contributed by atoms with Crippen molar-refractivity contribution in [3.8, 4) is 0 Å². The number of imide groups is 1. The van der Waals surface area contributed by atoms with Crippen LogP contribution in [0.4, 0.5) is 0 Å². The van der Waals surface area contributed by atoms with Crippen molar-refractivity contribution in [1.29, 1.82) is 0 Å². The molecule has 3 rings (SSSR count). The van der Waals surface area contributed by atoms with Crippen molar-refractivity contribution >= 4 is 22.6 Å². The second kappa shape index (κ2) is 4.26. The minimum atomic E-state index is -0.219. The summed E-state index contributed by atoms with van der Waals surface area (Å²) in [4.78, 5) is 22.8. The molecule has 0 aromatic heterocycles. The summed E-state index contributed by atoms with van der Waals surface area (Å²) in [7, 11) is 0. The molecule has 1 saturated heterocycles. The summed E-state index contributed by atoms with van der Waals surface area (Å²) >= 11 is 0. The molecule has 0 spiro atoms. The zero-order valence-electron chi connectivity index (χ0n) is 9.85. The molecule has 18 heavy (non-hydrogen) atoms. The summed E-state index contributed by atoms with van der Waals surface area (Å²) in [5, 5.41) is 4.68. The molecule has 3 nitrogen and oxygen atoms in total. The first-order valence-electron chi connectivity index (χ1n) is 6.04. The van der Waals surface area contributed by atoms with E-state index >= 15 is 0 Å². The van der Waals surface area contributed by atoms with Gasteiger partial charge in [-0.1, -0.05) is 42.5 Å². The zero-order chi connectivity index (χ0) is 12.5. The van der Waals surface area contributed by atoms with Gasteiger partial charge in [0.1, 0.15) is 0 Å². The van der Waals surface area contributed by atoms with Gasteiger partial charge in [-0.25, -0.2) is 0 Å². The predicted molar refractivity (Wildman–Crippen MR) is 68.9 cm³/mol. The minimum absolute atomic E-state index is 0.145. The third kappa shape index (κ3) is 1.88.